The van der Waals surface area contributed by atoms with Gasteiger partial charge >= 0.3 is 12.1 Å². The van der Waals surface area contributed by atoms with Crippen molar-refractivity contribution >= 4 is 18.0 Å². The predicted molar refractivity (Wildman–Crippen MR) is 156 cm³/mol. The second kappa shape index (κ2) is 11.6. The van der Waals surface area contributed by atoms with Crippen LogP contribution in [-0.4, -0.2) is 84.4 Å². The number of alkyl carbamates (subject to hydrolysis) is 1. The number of nitrogens with one attached hydrogen (secondary N) is 1. The fourth-order valence-electron chi connectivity index (χ4n) is 6.67. The van der Waals surface area contributed by atoms with Crippen molar-refractivity contribution in [2.45, 2.75) is 30.5 Å². The Morgan fingerprint density at radius 3 is 2.29 bits per heavy atom. The summed E-state index contributed by atoms with van der Waals surface area (Å²) in [6.45, 7) is 1.79. The first kappa shape index (κ1) is 27.9. The van der Waals surface area contributed by atoms with Crippen LogP contribution in [0.1, 0.15) is 29.0 Å². The van der Waals surface area contributed by atoms with Gasteiger partial charge in [-0.3, -0.25) is 14.5 Å². The molecule has 2 saturated heterocycles. The zero-order chi connectivity index (χ0) is 29.3. The molecule has 3 aliphatic rings. The van der Waals surface area contributed by atoms with Crippen LogP contribution in [0.5, 0.6) is 0 Å². The summed E-state index contributed by atoms with van der Waals surface area (Å²) in [6.07, 6.45) is -0.295. The lowest BCUT2D eigenvalue weighted by Gasteiger charge is -2.36. The number of likely N-dealkylation sites (N-methyl/N-ethyl adjacent to an activating group) is 1. The van der Waals surface area contributed by atoms with Crippen LogP contribution in [-0.2, 0) is 25.6 Å². The number of carbonyl (C=O) groups is 3. The highest BCUT2D eigenvalue weighted by Gasteiger charge is 2.50. The van der Waals surface area contributed by atoms with Crippen LogP contribution >= 0.6 is 0 Å². The number of aliphatic carboxylic acids is 1. The highest BCUT2D eigenvalue weighted by Crippen LogP contribution is 2.44. The molecular weight excluding hydrogens is 534 g/mol. The number of ether oxygens (including phenoxy) is 2. The van der Waals surface area contributed by atoms with E-state index >= 15 is 0 Å². The number of hydrogen-bond donors (Lipinski definition) is 2. The van der Waals surface area contributed by atoms with Crippen LogP contribution in [0.15, 0.2) is 78.9 Å². The summed E-state index contributed by atoms with van der Waals surface area (Å²) in [5.74, 6) is -2.28. The minimum Gasteiger partial charge on any atom is -0.481 e. The summed E-state index contributed by atoms with van der Waals surface area (Å²) < 4.78 is 11.3. The Balaban J connectivity index is 1.20. The quantitative estimate of drug-likeness (QED) is 0.426. The molecule has 42 heavy (non-hydrogen) atoms. The van der Waals surface area contributed by atoms with Gasteiger partial charge in [-0.2, -0.15) is 0 Å². The molecule has 9 heteroatoms. The van der Waals surface area contributed by atoms with Crippen LogP contribution in [0, 0.1) is 5.92 Å². The molecule has 3 unspecified atom stereocenters. The Labute approximate surface area is 245 Å². The number of carboxylic acids is 1. The molecule has 2 amide bonds. The molecule has 0 radical (unpaired) electrons. The average Bonchev–Trinajstić information content (AvgIpc) is 3.73. The topological polar surface area (TPSA) is 108 Å². The van der Waals surface area contributed by atoms with E-state index in [4.69, 9.17) is 9.47 Å². The van der Waals surface area contributed by atoms with Crippen LogP contribution < -0.4 is 5.32 Å². The van der Waals surface area contributed by atoms with Gasteiger partial charge in [-0.05, 0) is 34.2 Å². The molecule has 0 bridgehead atoms. The molecule has 0 aromatic heterocycles. The van der Waals surface area contributed by atoms with E-state index < -0.39 is 29.6 Å². The monoisotopic (exact) mass is 569 g/mol. The van der Waals surface area contributed by atoms with Crippen LogP contribution in [0.4, 0.5) is 4.79 Å². The van der Waals surface area contributed by atoms with Crippen molar-refractivity contribution in [2.24, 2.45) is 5.92 Å². The molecule has 9 nitrogen and oxygen atoms in total. The van der Waals surface area contributed by atoms with Gasteiger partial charge in [0.05, 0.1) is 19.3 Å². The van der Waals surface area contributed by atoms with Crippen LogP contribution in [0.2, 0.25) is 0 Å². The maximum absolute atomic E-state index is 14.1. The van der Waals surface area contributed by atoms with Gasteiger partial charge in [0.15, 0.2) is 0 Å². The van der Waals surface area contributed by atoms with Crippen molar-refractivity contribution < 1.29 is 29.0 Å². The molecule has 1 aliphatic carbocycles. The summed E-state index contributed by atoms with van der Waals surface area (Å²) in [5, 5.41) is 12.6. The highest BCUT2D eigenvalue weighted by molar-refractivity contribution is 5.91. The minimum absolute atomic E-state index is 0.0462. The third-order valence-corrected chi connectivity index (χ3v) is 8.88. The van der Waals surface area contributed by atoms with E-state index in [1.54, 1.807) is 7.05 Å². The number of nitrogens with zero attached hydrogens (tertiary/aromatic N) is 2. The molecule has 0 spiro atoms. The summed E-state index contributed by atoms with van der Waals surface area (Å²) in [5.41, 5.74) is 4.31. The normalized spacial score (nSPS) is 23.3. The standard InChI is InChI=1S/C33H35N3O6/c1-35(29-20-41-18-28(29)30(37)38)31(39)33(15-16-36(21-33)17-22-9-3-2-4-10-22)34-32(40)42-19-27-25-13-7-5-11-23(25)24-12-6-8-14-26(24)27/h2-14,27-29H,15-21H2,1H3,(H,34,40)(H,37,38). The molecule has 2 N–H and O–H groups in total. The third kappa shape index (κ3) is 5.26. The number of benzene rings is 3. The molecule has 3 aromatic rings. The zero-order valence-electron chi connectivity index (χ0n) is 23.6. The Bertz CT molecular complexity index is 1430. The number of hydrogen-bond acceptors (Lipinski definition) is 6. The maximum Gasteiger partial charge on any atom is 0.408 e. The minimum atomic E-state index is -1.27. The second-order valence-electron chi connectivity index (χ2n) is 11.4. The fourth-order valence-corrected chi connectivity index (χ4v) is 6.67. The van der Waals surface area contributed by atoms with Gasteiger partial charge in [-0.1, -0.05) is 78.9 Å². The third-order valence-electron chi connectivity index (χ3n) is 8.88. The fraction of sp³-hybridized carbons (Fsp3) is 0.364. The second-order valence-corrected chi connectivity index (χ2v) is 11.4. The molecular formula is C33H35N3O6. The van der Waals surface area contributed by atoms with Crippen molar-refractivity contribution in [3.05, 3.63) is 95.6 Å². The molecule has 3 aromatic carbocycles. The predicted octanol–water partition coefficient (Wildman–Crippen LogP) is 3.73. The van der Waals surface area contributed by atoms with E-state index in [0.29, 0.717) is 19.5 Å². The smallest absolute Gasteiger partial charge is 0.408 e. The van der Waals surface area contributed by atoms with E-state index in [2.05, 4.69) is 34.5 Å². The molecule has 2 fully saturated rings. The van der Waals surface area contributed by atoms with Gasteiger partial charge in [0.1, 0.15) is 18.1 Å². The molecule has 3 atom stereocenters. The molecule has 2 heterocycles. The van der Waals surface area contributed by atoms with Gasteiger partial charge in [0.2, 0.25) is 5.91 Å². The lowest BCUT2D eigenvalue weighted by Crippen LogP contribution is -2.63. The lowest BCUT2D eigenvalue weighted by molar-refractivity contribution is -0.146. The summed E-state index contributed by atoms with van der Waals surface area (Å²) in [6, 6.07) is 25.6. The van der Waals surface area contributed by atoms with E-state index in [-0.39, 0.29) is 38.2 Å². The number of likely N-dealkylation sites (tertiary alicyclic amines) is 1. The number of fused-ring (bicyclic) bond motifs is 3. The Hall–Kier alpha value is -4.21. The average molecular weight is 570 g/mol. The van der Waals surface area contributed by atoms with Gasteiger partial charge in [-0.15, -0.1) is 0 Å². The maximum atomic E-state index is 14.1. The molecule has 0 saturated carbocycles. The molecule has 218 valence electrons. The zero-order valence-corrected chi connectivity index (χ0v) is 23.6. The van der Waals surface area contributed by atoms with E-state index in [1.807, 2.05) is 54.6 Å². The van der Waals surface area contributed by atoms with Crippen LogP contribution in [0.3, 0.4) is 0 Å². The van der Waals surface area contributed by atoms with Crippen molar-refractivity contribution in [1.82, 2.24) is 15.1 Å². The molecule has 2 aliphatic heterocycles. The molecule has 6 rings (SSSR count). The first-order chi connectivity index (χ1) is 20.4. The van der Waals surface area contributed by atoms with Crippen LogP contribution in [0.25, 0.3) is 11.1 Å². The van der Waals surface area contributed by atoms with Gasteiger partial charge in [-0.25, -0.2) is 4.79 Å². The van der Waals surface area contributed by atoms with Gasteiger partial charge < -0.3 is 24.8 Å². The Kier molecular flexibility index (Phi) is 7.70. The summed E-state index contributed by atoms with van der Waals surface area (Å²) >= 11 is 0. The number of carbonyl (C=O) groups excluding carboxylic acids is 2. The first-order valence-electron chi connectivity index (χ1n) is 14.3. The summed E-state index contributed by atoms with van der Waals surface area (Å²) in [7, 11) is 1.60. The van der Waals surface area contributed by atoms with Crippen molar-refractivity contribution in [1.29, 1.82) is 0 Å². The SMILES string of the molecule is CN(C(=O)C1(NC(=O)OCC2c3ccccc3-c3ccccc32)CCN(Cc2ccccc2)C1)C1COCC1C(=O)O. The van der Waals surface area contributed by atoms with Crippen molar-refractivity contribution in [3.8, 4) is 11.1 Å². The van der Waals surface area contributed by atoms with E-state index in [9.17, 15) is 19.5 Å². The number of amides is 2. The largest absolute Gasteiger partial charge is 0.481 e. The van der Waals surface area contributed by atoms with Crippen molar-refractivity contribution in [3.63, 3.8) is 0 Å². The van der Waals surface area contributed by atoms with E-state index in [0.717, 1.165) is 27.8 Å². The highest BCUT2D eigenvalue weighted by atomic mass is 16.5. The van der Waals surface area contributed by atoms with E-state index in [1.165, 1.54) is 4.90 Å². The van der Waals surface area contributed by atoms with Gasteiger partial charge in [0.25, 0.3) is 0 Å². The number of rotatable bonds is 8. The number of carboxylic acid groups (broad SMARTS) is 1. The summed E-state index contributed by atoms with van der Waals surface area (Å²) in [4.78, 5) is 43.0. The van der Waals surface area contributed by atoms with Gasteiger partial charge in [0, 0.05) is 32.6 Å². The Morgan fingerprint density at radius 2 is 1.62 bits per heavy atom. The van der Waals surface area contributed by atoms with Crippen molar-refractivity contribution in [2.75, 3.05) is 40.0 Å². The Morgan fingerprint density at radius 1 is 0.976 bits per heavy atom. The first-order valence-corrected chi connectivity index (χ1v) is 14.3. The lowest BCUT2D eigenvalue weighted by atomic mass is 9.94.